The van der Waals surface area contributed by atoms with Crippen LogP contribution in [0.3, 0.4) is 0 Å². The van der Waals surface area contributed by atoms with Crippen LogP contribution in [0.2, 0.25) is 0 Å². The number of carboxylic acid groups (broad SMARTS) is 1. The maximum absolute atomic E-state index is 13.8. The average molecular weight is 529 g/mol. The Morgan fingerprint density at radius 2 is 1.29 bits per heavy atom. The molecule has 0 aromatic heterocycles. The lowest BCUT2D eigenvalue weighted by Crippen LogP contribution is -2.69. The molecule has 7 nitrogen and oxygen atoms in total. The normalized spacial score (nSPS) is 25.0. The van der Waals surface area contributed by atoms with E-state index in [0.29, 0.717) is 24.2 Å². The Labute approximate surface area is 229 Å². The number of hydrogen-bond acceptors (Lipinski definition) is 6. The van der Waals surface area contributed by atoms with E-state index in [-0.39, 0.29) is 33.6 Å². The molecule has 0 bridgehead atoms. The SMILES string of the molecule is COc1ccc(C=C(C(=O)O)C(=O)OC2(C3CC(C)(C)N(C)C(C)(C)C3)CC(C)(C)N(C)C(C)(C)C2)cc1. The summed E-state index contributed by atoms with van der Waals surface area (Å²) in [6, 6.07) is 6.94. The first-order valence-electron chi connectivity index (χ1n) is 13.6. The van der Waals surface area contributed by atoms with Crippen molar-refractivity contribution < 1.29 is 24.2 Å². The third-order valence-corrected chi connectivity index (χ3v) is 9.50. The second kappa shape index (κ2) is 9.98. The van der Waals surface area contributed by atoms with E-state index in [1.807, 2.05) is 0 Å². The van der Waals surface area contributed by atoms with E-state index in [0.717, 1.165) is 12.8 Å². The van der Waals surface area contributed by atoms with E-state index in [2.05, 4.69) is 79.3 Å². The first-order chi connectivity index (χ1) is 17.3. The average Bonchev–Trinajstić information content (AvgIpc) is 2.78. The summed E-state index contributed by atoms with van der Waals surface area (Å²) in [6.07, 6.45) is 4.34. The fourth-order valence-corrected chi connectivity index (χ4v) is 7.09. The molecular weight excluding hydrogens is 480 g/mol. The van der Waals surface area contributed by atoms with E-state index < -0.39 is 17.5 Å². The molecule has 3 rings (SSSR count). The van der Waals surface area contributed by atoms with E-state index in [4.69, 9.17) is 9.47 Å². The molecule has 7 heteroatoms. The van der Waals surface area contributed by atoms with E-state index in [1.54, 1.807) is 31.4 Å². The van der Waals surface area contributed by atoms with Crippen molar-refractivity contribution in [3.63, 3.8) is 0 Å². The predicted octanol–water partition coefficient (Wildman–Crippen LogP) is 5.63. The summed E-state index contributed by atoms with van der Waals surface area (Å²) in [4.78, 5) is 30.9. The standard InChI is InChI=1S/C31H48N2O5/c1-27(2)17-22(18-28(3,4)32(27)9)31(19-29(5,6)33(10)30(7,8)20-31)38-26(36)24(25(34)35)16-21-12-14-23(37-11)15-13-21/h12-16,22H,17-20H2,1-11H3,(H,34,35). The first-order valence-corrected chi connectivity index (χ1v) is 13.6. The summed E-state index contributed by atoms with van der Waals surface area (Å²) in [6.45, 7) is 17.7. The number of benzene rings is 1. The number of methoxy groups -OCH3 is 1. The zero-order valence-electron chi connectivity index (χ0n) is 25.3. The molecule has 1 N–H and O–H groups in total. The number of piperidine rings is 2. The molecule has 2 fully saturated rings. The number of aliphatic carboxylic acids is 1. The van der Waals surface area contributed by atoms with Crippen LogP contribution in [0.15, 0.2) is 29.8 Å². The third-order valence-electron chi connectivity index (χ3n) is 9.50. The van der Waals surface area contributed by atoms with Crippen molar-refractivity contribution in [1.82, 2.24) is 9.80 Å². The molecule has 212 valence electrons. The number of carboxylic acids is 1. The molecule has 0 saturated carbocycles. The molecular formula is C31H48N2O5. The summed E-state index contributed by atoms with van der Waals surface area (Å²) < 4.78 is 11.7. The number of carbonyl (C=O) groups is 2. The number of hydrogen-bond donors (Lipinski definition) is 1. The highest BCUT2D eigenvalue weighted by Crippen LogP contribution is 2.54. The molecule has 0 spiro atoms. The molecule has 0 unspecified atom stereocenters. The van der Waals surface area contributed by atoms with E-state index in [1.165, 1.54) is 6.08 Å². The monoisotopic (exact) mass is 528 g/mol. The lowest BCUT2D eigenvalue weighted by Gasteiger charge is -2.63. The molecule has 1 aromatic carbocycles. The van der Waals surface area contributed by atoms with Gasteiger partial charge < -0.3 is 14.6 Å². The van der Waals surface area contributed by atoms with Crippen molar-refractivity contribution >= 4 is 18.0 Å². The van der Waals surface area contributed by atoms with Gasteiger partial charge in [-0.3, -0.25) is 9.80 Å². The molecule has 2 aliphatic rings. The van der Waals surface area contributed by atoms with Crippen LogP contribution in [0.1, 0.15) is 86.6 Å². The van der Waals surface area contributed by atoms with Crippen LogP contribution in [0, 0.1) is 5.92 Å². The maximum atomic E-state index is 13.8. The van der Waals surface area contributed by atoms with Gasteiger partial charge in [0.25, 0.3) is 0 Å². The second-order valence-corrected chi connectivity index (χ2v) is 13.9. The number of ether oxygens (including phenoxy) is 2. The highest BCUT2D eigenvalue weighted by molar-refractivity contribution is 6.17. The Balaban J connectivity index is 2.10. The topological polar surface area (TPSA) is 79.3 Å². The summed E-state index contributed by atoms with van der Waals surface area (Å²) in [7, 11) is 5.86. The number of likely N-dealkylation sites (tertiary alicyclic amines) is 2. The Kier molecular flexibility index (Phi) is 7.92. The van der Waals surface area contributed by atoms with E-state index in [9.17, 15) is 14.7 Å². The van der Waals surface area contributed by atoms with Gasteiger partial charge in [-0.2, -0.15) is 0 Å². The predicted molar refractivity (Wildman–Crippen MR) is 151 cm³/mol. The molecule has 0 radical (unpaired) electrons. The number of nitrogens with zero attached hydrogens (tertiary/aromatic N) is 2. The van der Waals surface area contributed by atoms with Gasteiger partial charge in [0, 0.05) is 40.9 Å². The molecule has 2 heterocycles. The second-order valence-electron chi connectivity index (χ2n) is 13.9. The minimum absolute atomic E-state index is 0.0657. The minimum Gasteiger partial charge on any atom is -0.497 e. The van der Waals surface area contributed by atoms with Crippen molar-refractivity contribution in [2.45, 2.75) is 109 Å². The first kappa shape index (κ1) is 30.2. The lowest BCUT2D eigenvalue weighted by atomic mass is 9.59. The van der Waals surface area contributed by atoms with Crippen LogP contribution in [-0.2, 0) is 14.3 Å². The summed E-state index contributed by atoms with van der Waals surface area (Å²) in [5.41, 5.74) is -1.34. The fourth-order valence-electron chi connectivity index (χ4n) is 7.09. The Morgan fingerprint density at radius 1 is 0.842 bits per heavy atom. The Hall–Kier alpha value is -2.38. The molecule has 2 aliphatic heterocycles. The largest absolute Gasteiger partial charge is 0.497 e. The van der Waals surface area contributed by atoms with Crippen LogP contribution in [0.25, 0.3) is 6.08 Å². The molecule has 1 aromatic rings. The molecule has 0 amide bonds. The van der Waals surface area contributed by atoms with Gasteiger partial charge in [-0.1, -0.05) is 12.1 Å². The highest BCUT2D eigenvalue weighted by Gasteiger charge is 2.60. The van der Waals surface area contributed by atoms with Crippen molar-refractivity contribution in [3.8, 4) is 5.75 Å². The van der Waals surface area contributed by atoms with Crippen molar-refractivity contribution in [1.29, 1.82) is 0 Å². The van der Waals surface area contributed by atoms with Crippen LogP contribution in [0.4, 0.5) is 0 Å². The highest BCUT2D eigenvalue weighted by atomic mass is 16.6. The van der Waals surface area contributed by atoms with Crippen LogP contribution < -0.4 is 4.74 Å². The minimum atomic E-state index is -1.29. The van der Waals surface area contributed by atoms with Crippen LogP contribution >= 0.6 is 0 Å². The van der Waals surface area contributed by atoms with E-state index >= 15 is 0 Å². The van der Waals surface area contributed by atoms with Crippen molar-refractivity contribution in [2.24, 2.45) is 5.92 Å². The molecule has 0 atom stereocenters. The number of carbonyl (C=O) groups excluding carboxylic acids is 1. The maximum Gasteiger partial charge on any atom is 0.346 e. The molecule has 2 saturated heterocycles. The van der Waals surface area contributed by atoms with Gasteiger partial charge in [0.05, 0.1) is 7.11 Å². The lowest BCUT2D eigenvalue weighted by molar-refractivity contribution is -0.207. The van der Waals surface area contributed by atoms with Gasteiger partial charge >= 0.3 is 11.9 Å². The summed E-state index contributed by atoms with van der Waals surface area (Å²) in [5.74, 6) is -1.35. The third kappa shape index (κ3) is 5.79. The van der Waals surface area contributed by atoms with Gasteiger partial charge in [-0.05, 0) is 106 Å². The Morgan fingerprint density at radius 3 is 1.71 bits per heavy atom. The quantitative estimate of drug-likeness (QED) is 0.222. The Bertz CT molecular complexity index is 1050. The van der Waals surface area contributed by atoms with Crippen molar-refractivity contribution in [2.75, 3.05) is 21.2 Å². The van der Waals surface area contributed by atoms with Gasteiger partial charge in [0.15, 0.2) is 0 Å². The number of esters is 1. The zero-order chi connectivity index (χ0) is 28.9. The van der Waals surface area contributed by atoms with Crippen LogP contribution in [0.5, 0.6) is 5.75 Å². The molecule has 0 aliphatic carbocycles. The van der Waals surface area contributed by atoms with Crippen molar-refractivity contribution in [3.05, 3.63) is 35.4 Å². The van der Waals surface area contributed by atoms with Gasteiger partial charge in [0.2, 0.25) is 0 Å². The smallest absolute Gasteiger partial charge is 0.346 e. The van der Waals surface area contributed by atoms with Gasteiger partial charge in [-0.15, -0.1) is 0 Å². The van der Waals surface area contributed by atoms with Gasteiger partial charge in [-0.25, -0.2) is 9.59 Å². The zero-order valence-corrected chi connectivity index (χ0v) is 25.3. The van der Waals surface area contributed by atoms with Crippen LogP contribution in [-0.4, -0.2) is 75.8 Å². The summed E-state index contributed by atoms with van der Waals surface area (Å²) >= 11 is 0. The fraction of sp³-hybridized carbons (Fsp3) is 0.677. The van der Waals surface area contributed by atoms with Gasteiger partial charge in [0.1, 0.15) is 16.9 Å². The molecule has 38 heavy (non-hydrogen) atoms. The summed E-state index contributed by atoms with van der Waals surface area (Å²) in [5, 5.41) is 10.1. The number of rotatable bonds is 6.